The van der Waals surface area contributed by atoms with E-state index in [-0.39, 0.29) is 11.7 Å². The van der Waals surface area contributed by atoms with Crippen LogP contribution in [0, 0.1) is 5.82 Å². The van der Waals surface area contributed by atoms with Gasteiger partial charge in [-0.15, -0.1) is 0 Å². The van der Waals surface area contributed by atoms with Crippen LogP contribution in [0.3, 0.4) is 0 Å². The Morgan fingerprint density at radius 3 is 2.60 bits per heavy atom. The number of aromatic nitrogens is 2. The third kappa shape index (κ3) is 3.64. The lowest BCUT2D eigenvalue weighted by Gasteiger charge is -2.22. The van der Waals surface area contributed by atoms with E-state index < -0.39 is 0 Å². The molecule has 0 saturated heterocycles. The topological polar surface area (TPSA) is 72.5 Å². The molecule has 4 heterocycles. The Balaban J connectivity index is 1.45. The van der Waals surface area contributed by atoms with Gasteiger partial charge in [0.2, 0.25) is 0 Å². The number of rotatable bonds is 4. The number of para-hydroxylation sites is 1. The van der Waals surface area contributed by atoms with Gasteiger partial charge in [0.15, 0.2) is 6.73 Å². The maximum absolute atomic E-state index is 13.7. The Hall–Kier alpha value is -5.11. The van der Waals surface area contributed by atoms with Gasteiger partial charge in [0.05, 0.1) is 22.5 Å². The molecule has 1 N–H and O–H groups in total. The molecule has 0 bridgehead atoms. The SMILES string of the molecule is CNC(=O)c1c(-c2ccc(F)cc2)oc2cc(N(C)C)c(-c3ccc4c(n3)-c3cc5ccccc5n3CO4)cc12. The van der Waals surface area contributed by atoms with Gasteiger partial charge in [0.1, 0.15) is 28.6 Å². The number of nitrogens with zero attached hydrogens (tertiary/aromatic N) is 3. The number of carbonyl (C=O) groups is 1. The van der Waals surface area contributed by atoms with Crippen molar-refractivity contribution in [1.29, 1.82) is 0 Å². The van der Waals surface area contributed by atoms with Crippen LogP contribution in [-0.4, -0.2) is 36.6 Å². The van der Waals surface area contributed by atoms with Crippen molar-refractivity contribution in [2.75, 3.05) is 26.0 Å². The van der Waals surface area contributed by atoms with E-state index in [0.717, 1.165) is 45.0 Å². The first kappa shape index (κ1) is 24.0. The first-order valence-corrected chi connectivity index (χ1v) is 12.9. The lowest BCUT2D eigenvalue weighted by molar-refractivity contribution is 0.0964. The number of amides is 1. The van der Waals surface area contributed by atoms with E-state index >= 15 is 0 Å². The first-order valence-electron chi connectivity index (χ1n) is 12.9. The number of benzene rings is 3. The van der Waals surface area contributed by atoms with Crippen molar-refractivity contribution >= 4 is 33.5 Å². The second-order valence-electron chi connectivity index (χ2n) is 9.99. The van der Waals surface area contributed by atoms with Gasteiger partial charge in [-0.1, -0.05) is 18.2 Å². The molecule has 1 amide bonds. The van der Waals surface area contributed by atoms with Crippen LogP contribution in [0.15, 0.2) is 83.3 Å². The fraction of sp³-hybridized carbons (Fsp3) is 0.125. The average Bonchev–Trinajstić information content (AvgIpc) is 3.54. The van der Waals surface area contributed by atoms with Crippen molar-refractivity contribution in [3.05, 3.63) is 90.2 Å². The van der Waals surface area contributed by atoms with Crippen LogP contribution in [0.5, 0.6) is 5.75 Å². The molecule has 8 heteroatoms. The van der Waals surface area contributed by atoms with E-state index in [2.05, 4.69) is 28.1 Å². The predicted molar refractivity (Wildman–Crippen MR) is 154 cm³/mol. The molecular weight excluding hydrogens is 507 g/mol. The molecule has 0 fully saturated rings. The molecule has 3 aromatic heterocycles. The number of nitrogens with one attached hydrogen (secondary N) is 1. The fourth-order valence-corrected chi connectivity index (χ4v) is 5.44. The maximum atomic E-state index is 13.7. The highest BCUT2D eigenvalue weighted by Gasteiger charge is 2.26. The largest absolute Gasteiger partial charge is 0.470 e. The van der Waals surface area contributed by atoms with Gasteiger partial charge in [0, 0.05) is 54.8 Å². The Labute approximate surface area is 229 Å². The van der Waals surface area contributed by atoms with Gasteiger partial charge in [0.25, 0.3) is 5.91 Å². The zero-order valence-electron chi connectivity index (χ0n) is 22.2. The second kappa shape index (κ2) is 8.98. The van der Waals surface area contributed by atoms with Crippen LogP contribution in [0.2, 0.25) is 0 Å². The summed E-state index contributed by atoms with van der Waals surface area (Å²) in [7, 11) is 5.48. The van der Waals surface area contributed by atoms with Crippen LogP contribution in [0.25, 0.3) is 55.8 Å². The summed E-state index contributed by atoms with van der Waals surface area (Å²) in [5, 5.41) is 4.49. The van der Waals surface area contributed by atoms with Gasteiger partial charge in [-0.05, 0) is 54.6 Å². The molecular formula is C32H25FN4O3. The molecule has 0 aliphatic carbocycles. The molecule has 0 spiro atoms. The van der Waals surface area contributed by atoms with Crippen molar-refractivity contribution in [2.24, 2.45) is 0 Å². The smallest absolute Gasteiger partial charge is 0.255 e. The Kier molecular flexibility index (Phi) is 5.38. The van der Waals surface area contributed by atoms with Crippen molar-refractivity contribution in [2.45, 2.75) is 6.73 Å². The average molecular weight is 533 g/mol. The van der Waals surface area contributed by atoms with Crippen LogP contribution in [0.1, 0.15) is 10.4 Å². The van der Waals surface area contributed by atoms with Gasteiger partial charge in [-0.2, -0.15) is 0 Å². The molecule has 0 unspecified atom stereocenters. The first-order chi connectivity index (χ1) is 19.4. The summed E-state index contributed by atoms with van der Waals surface area (Å²) in [5.41, 5.74) is 6.84. The highest BCUT2D eigenvalue weighted by atomic mass is 19.1. The van der Waals surface area contributed by atoms with Crippen molar-refractivity contribution in [3.63, 3.8) is 0 Å². The molecule has 0 radical (unpaired) electrons. The third-order valence-electron chi connectivity index (χ3n) is 7.39. The van der Waals surface area contributed by atoms with Crippen LogP contribution >= 0.6 is 0 Å². The Morgan fingerprint density at radius 1 is 1.02 bits per heavy atom. The zero-order valence-corrected chi connectivity index (χ0v) is 22.2. The standard InChI is InChI=1S/C32H25FN4O3/c1-34-32(38)29-22-15-21(25(36(2)3)16-28(22)40-31(29)18-8-10-20(33)11-9-18)23-12-13-27-30(35-23)26-14-19-6-4-5-7-24(19)37(26)17-39-27/h4-16H,17H2,1-3H3,(H,34,38). The molecule has 1 aliphatic rings. The summed E-state index contributed by atoms with van der Waals surface area (Å²) in [6.45, 7) is 0.419. The minimum atomic E-state index is -0.361. The van der Waals surface area contributed by atoms with E-state index in [1.165, 1.54) is 12.1 Å². The molecule has 40 heavy (non-hydrogen) atoms. The van der Waals surface area contributed by atoms with Crippen LogP contribution < -0.4 is 15.0 Å². The Bertz CT molecular complexity index is 1950. The van der Waals surface area contributed by atoms with Gasteiger partial charge in [-0.25, -0.2) is 9.37 Å². The molecule has 198 valence electrons. The predicted octanol–water partition coefficient (Wildman–Crippen LogP) is 6.70. The van der Waals surface area contributed by atoms with Crippen molar-refractivity contribution in [3.8, 4) is 39.7 Å². The van der Waals surface area contributed by atoms with E-state index in [4.69, 9.17) is 14.1 Å². The second-order valence-corrected chi connectivity index (χ2v) is 9.99. The lowest BCUT2D eigenvalue weighted by Crippen LogP contribution is -2.18. The minimum absolute atomic E-state index is 0.294. The summed E-state index contributed by atoms with van der Waals surface area (Å²) in [6, 6.07) is 24.0. The molecule has 3 aromatic carbocycles. The molecule has 7 nitrogen and oxygen atoms in total. The Morgan fingerprint density at radius 2 is 1.82 bits per heavy atom. The molecule has 0 saturated carbocycles. The third-order valence-corrected chi connectivity index (χ3v) is 7.39. The quantitative estimate of drug-likeness (QED) is 0.274. The number of hydrogen-bond acceptors (Lipinski definition) is 5. The number of ether oxygens (including phenoxy) is 1. The van der Waals surface area contributed by atoms with Crippen molar-refractivity contribution in [1.82, 2.24) is 14.9 Å². The summed E-state index contributed by atoms with van der Waals surface area (Å²) in [4.78, 5) is 20.2. The normalized spacial score (nSPS) is 12.2. The van der Waals surface area contributed by atoms with Crippen LogP contribution in [-0.2, 0) is 6.73 Å². The summed E-state index contributed by atoms with van der Waals surface area (Å²) in [5.74, 6) is 0.449. The van der Waals surface area contributed by atoms with E-state index in [1.807, 2.05) is 55.4 Å². The number of halogens is 1. The molecule has 1 aliphatic heterocycles. The maximum Gasteiger partial charge on any atom is 0.255 e. The van der Waals surface area contributed by atoms with E-state index in [0.29, 0.717) is 34.6 Å². The summed E-state index contributed by atoms with van der Waals surface area (Å²) >= 11 is 0. The number of anilines is 1. The van der Waals surface area contributed by atoms with Gasteiger partial charge in [-0.3, -0.25) is 4.79 Å². The molecule has 0 atom stereocenters. The highest BCUT2D eigenvalue weighted by Crippen LogP contribution is 2.43. The summed E-state index contributed by atoms with van der Waals surface area (Å²) < 4.78 is 28.1. The van der Waals surface area contributed by atoms with Crippen LogP contribution in [0.4, 0.5) is 10.1 Å². The summed E-state index contributed by atoms with van der Waals surface area (Å²) in [6.07, 6.45) is 0. The van der Waals surface area contributed by atoms with E-state index in [9.17, 15) is 9.18 Å². The highest BCUT2D eigenvalue weighted by molar-refractivity contribution is 6.12. The van der Waals surface area contributed by atoms with Gasteiger partial charge >= 0.3 is 0 Å². The number of pyridine rings is 1. The molecule has 7 rings (SSSR count). The van der Waals surface area contributed by atoms with E-state index in [1.54, 1.807) is 19.2 Å². The lowest BCUT2D eigenvalue weighted by atomic mass is 10.00. The van der Waals surface area contributed by atoms with Crippen molar-refractivity contribution < 1.29 is 18.3 Å². The van der Waals surface area contributed by atoms with Gasteiger partial charge < -0.3 is 23.9 Å². The number of carbonyl (C=O) groups excluding carboxylic acids is 1. The number of hydrogen-bond donors (Lipinski definition) is 1. The monoisotopic (exact) mass is 532 g/mol. The minimum Gasteiger partial charge on any atom is -0.470 e. The number of furan rings is 1. The zero-order chi connectivity index (χ0) is 27.5. The number of fused-ring (bicyclic) bond motifs is 6. The fourth-order valence-electron chi connectivity index (χ4n) is 5.44. The molecule has 6 aromatic rings.